The Morgan fingerprint density at radius 1 is 0.846 bits per heavy atom. The molecule has 0 radical (unpaired) electrons. The zero-order valence-electron chi connectivity index (χ0n) is 13.8. The van der Waals surface area contributed by atoms with E-state index in [1.807, 2.05) is 78.9 Å². The van der Waals surface area contributed by atoms with Crippen LogP contribution in [0.3, 0.4) is 0 Å². The SMILES string of the molecule is Brc1ccc2nc(N/N=C/c3ccccc3)nc(-c3ccccc3)c2c1. The number of benzene rings is 3. The van der Waals surface area contributed by atoms with Crippen LogP contribution in [0.1, 0.15) is 5.56 Å². The smallest absolute Gasteiger partial charge is 0.244 e. The fraction of sp³-hybridized carbons (Fsp3) is 0. The molecule has 5 heteroatoms. The number of halogens is 1. The van der Waals surface area contributed by atoms with Crippen LogP contribution in [0.2, 0.25) is 0 Å². The van der Waals surface area contributed by atoms with Crippen LogP contribution >= 0.6 is 15.9 Å². The Kier molecular flexibility index (Phi) is 4.71. The number of nitrogens with one attached hydrogen (secondary N) is 1. The van der Waals surface area contributed by atoms with Crippen molar-refractivity contribution >= 4 is 39.0 Å². The maximum absolute atomic E-state index is 4.69. The van der Waals surface area contributed by atoms with Crippen LogP contribution in [0.15, 0.2) is 88.4 Å². The average Bonchev–Trinajstić information content (AvgIpc) is 2.69. The number of nitrogens with zero attached hydrogens (tertiary/aromatic N) is 3. The second-order valence-corrected chi connectivity index (χ2v) is 6.62. The Labute approximate surface area is 159 Å². The topological polar surface area (TPSA) is 50.2 Å². The second-order valence-electron chi connectivity index (χ2n) is 5.70. The molecular formula is C21H15BrN4. The first-order valence-electron chi connectivity index (χ1n) is 8.16. The minimum Gasteiger partial charge on any atom is -0.245 e. The van der Waals surface area contributed by atoms with Gasteiger partial charge in [0.25, 0.3) is 0 Å². The molecule has 0 atom stereocenters. The van der Waals surface area contributed by atoms with E-state index < -0.39 is 0 Å². The molecule has 0 saturated heterocycles. The number of hydrazone groups is 1. The van der Waals surface area contributed by atoms with Crippen molar-refractivity contribution in [3.05, 3.63) is 88.9 Å². The van der Waals surface area contributed by atoms with E-state index in [-0.39, 0.29) is 0 Å². The summed E-state index contributed by atoms with van der Waals surface area (Å²) >= 11 is 3.53. The number of anilines is 1. The van der Waals surface area contributed by atoms with Gasteiger partial charge in [-0.1, -0.05) is 76.6 Å². The van der Waals surface area contributed by atoms with E-state index >= 15 is 0 Å². The van der Waals surface area contributed by atoms with E-state index in [1.54, 1.807) is 6.21 Å². The van der Waals surface area contributed by atoms with Gasteiger partial charge in [0, 0.05) is 15.4 Å². The molecule has 0 amide bonds. The largest absolute Gasteiger partial charge is 0.245 e. The summed E-state index contributed by atoms with van der Waals surface area (Å²) in [6, 6.07) is 25.9. The Balaban J connectivity index is 1.74. The highest BCUT2D eigenvalue weighted by Crippen LogP contribution is 2.29. The highest BCUT2D eigenvalue weighted by Gasteiger charge is 2.10. The van der Waals surface area contributed by atoms with Crippen molar-refractivity contribution in [2.24, 2.45) is 5.10 Å². The third kappa shape index (κ3) is 3.63. The number of hydrogen-bond acceptors (Lipinski definition) is 4. The van der Waals surface area contributed by atoms with Crippen molar-refractivity contribution in [2.45, 2.75) is 0 Å². The summed E-state index contributed by atoms with van der Waals surface area (Å²) in [5.41, 5.74) is 6.72. The summed E-state index contributed by atoms with van der Waals surface area (Å²) < 4.78 is 0.994. The normalized spacial score (nSPS) is 11.1. The molecule has 1 aromatic heterocycles. The molecule has 126 valence electrons. The highest BCUT2D eigenvalue weighted by atomic mass is 79.9. The fourth-order valence-electron chi connectivity index (χ4n) is 2.67. The molecule has 0 spiro atoms. The molecule has 4 rings (SSSR count). The van der Waals surface area contributed by atoms with E-state index in [2.05, 4.69) is 36.4 Å². The lowest BCUT2D eigenvalue weighted by Gasteiger charge is -2.09. The van der Waals surface area contributed by atoms with E-state index in [4.69, 9.17) is 0 Å². The van der Waals surface area contributed by atoms with E-state index in [0.717, 1.165) is 32.2 Å². The van der Waals surface area contributed by atoms with Crippen LogP contribution in [-0.4, -0.2) is 16.2 Å². The molecule has 0 bridgehead atoms. The quantitative estimate of drug-likeness (QED) is 0.361. The zero-order valence-corrected chi connectivity index (χ0v) is 15.4. The molecule has 0 fully saturated rings. The van der Waals surface area contributed by atoms with E-state index in [0.29, 0.717) is 5.95 Å². The lowest BCUT2D eigenvalue weighted by Crippen LogP contribution is -1.99. The highest BCUT2D eigenvalue weighted by molar-refractivity contribution is 9.10. The van der Waals surface area contributed by atoms with Crippen LogP contribution in [0.25, 0.3) is 22.2 Å². The van der Waals surface area contributed by atoms with Crippen molar-refractivity contribution in [2.75, 3.05) is 5.43 Å². The minimum absolute atomic E-state index is 0.464. The van der Waals surface area contributed by atoms with Gasteiger partial charge in [0.1, 0.15) is 0 Å². The minimum atomic E-state index is 0.464. The molecule has 4 nitrogen and oxygen atoms in total. The van der Waals surface area contributed by atoms with Gasteiger partial charge in [-0.3, -0.25) is 0 Å². The third-order valence-electron chi connectivity index (χ3n) is 3.88. The third-order valence-corrected chi connectivity index (χ3v) is 4.38. The van der Waals surface area contributed by atoms with Crippen molar-refractivity contribution in [1.82, 2.24) is 9.97 Å². The summed E-state index contributed by atoms with van der Waals surface area (Å²) in [5.74, 6) is 0.464. The standard InChI is InChI=1S/C21H15BrN4/c22-17-11-12-19-18(13-17)20(16-9-5-2-6-10-16)25-21(24-19)26-23-14-15-7-3-1-4-8-15/h1-14H,(H,24,25,26)/b23-14+. The first-order chi connectivity index (χ1) is 12.8. The van der Waals surface area contributed by atoms with Crippen molar-refractivity contribution in [3.8, 4) is 11.3 Å². The van der Waals surface area contributed by atoms with Crippen molar-refractivity contribution in [1.29, 1.82) is 0 Å². The molecule has 3 aromatic carbocycles. The van der Waals surface area contributed by atoms with Gasteiger partial charge >= 0.3 is 0 Å². The fourth-order valence-corrected chi connectivity index (χ4v) is 3.03. The Hall–Kier alpha value is -3.05. The predicted octanol–water partition coefficient (Wildman–Crippen LogP) is 5.51. The summed E-state index contributed by atoms with van der Waals surface area (Å²) in [7, 11) is 0. The summed E-state index contributed by atoms with van der Waals surface area (Å²) in [6.07, 6.45) is 1.75. The van der Waals surface area contributed by atoms with Gasteiger partial charge in [-0.2, -0.15) is 5.10 Å². The molecule has 0 aliphatic heterocycles. The maximum atomic E-state index is 4.69. The van der Waals surface area contributed by atoms with E-state index in [9.17, 15) is 0 Å². The van der Waals surface area contributed by atoms with Gasteiger partial charge in [-0.05, 0) is 23.8 Å². The first-order valence-corrected chi connectivity index (χ1v) is 8.96. The van der Waals surface area contributed by atoms with E-state index in [1.165, 1.54) is 0 Å². The molecular weight excluding hydrogens is 388 g/mol. The van der Waals surface area contributed by atoms with Crippen LogP contribution in [0.5, 0.6) is 0 Å². The second kappa shape index (κ2) is 7.45. The maximum Gasteiger partial charge on any atom is 0.244 e. The first kappa shape index (κ1) is 16.4. The number of rotatable bonds is 4. The lowest BCUT2D eigenvalue weighted by molar-refractivity contribution is 1.16. The molecule has 0 aliphatic carbocycles. The average molecular weight is 403 g/mol. The monoisotopic (exact) mass is 402 g/mol. The summed E-state index contributed by atoms with van der Waals surface area (Å²) in [5, 5.41) is 5.25. The summed E-state index contributed by atoms with van der Waals surface area (Å²) in [6.45, 7) is 0. The molecule has 1 heterocycles. The van der Waals surface area contributed by atoms with Gasteiger partial charge in [0.2, 0.25) is 5.95 Å². The van der Waals surface area contributed by atoms with Gasteiger partial charge in [-0.25, -0.2) is 15.4 Å². The molecule has 0 aliphatic rings. The molecule has 26 heavy (non-hydrogen) atoms. The lowest BCUT2D eigenvalue weighted by atomic mass is 10.1. The zero-order chi connectivity index (χ0) is 17.8. The predicted molar refractivity (Wildman–Crippen MR) is 110 cm³/mol. The van der Waals surface area contributed by atoms with Gasteiger partial charge in [-0.15, -0.1) is 0 Å². The Morgan fingerprint density at radius 2 is 1.58 bits per heavy atom. The molecule has 4 aromatic rings. The Morgan fingerprint density at radius 3 is 2.35 bits per heavy atom. The molecule has 0 saturated carbocycles. The van der Waals surface area contributed by atoms with Crippen LogP contribution in [-0.2, 0) is 0 Å². The van der Waals surface area contributed by atoms with Crippen molar-refractivity contribution < 1.29 is 0 Å². The number of aromatic nitrogens is 2. The summed E-state index contributed by atoms with van der Waals surface area (Å²) in [4.78, 5) is 9.26. The number of fused-ring (bicyclic) bond motifs is 1. The van der Waals surface area contributed by atoms with Crippen molar-refractivity contribution in [3.63, 3.8) is 0 Å². The van der Waals surface area contributed by atoms with Crippen LogP contribution in [0, 0.1) is 0 Å². The Bertz CT molecular complexity index is 1060. The number of hydrogen-bond donors (Lipinski definition) is 1. The molecule has 0 unspecified atom stereocenters. The van der Waals surface area contributed by atoms with Gasteiger partial charge < -0.3 is 0 Å². The van der Waals surface area contributed by atoms with Gasteiger partial charge in [0.05, 0.1) is 17.4 Å². The molecule has 1 N–H and O–H groups in total. The van der Waals surface area contributed by atoms with Crippen LogP contribution < -0.4 is 5.43 Å². The van der Waals surface area contributed by atoms with Gasteiger partial charge in [0.15, 0.2) is 0 Å². The van der Waals surface area contributed by atoms with Crippen LogP contribution in [0.4, 0.5) is 5.95 Å².